The van der Waals surface area contributed by atoms with Gasteiger partial charge in [-0.2, -0.15) is 8.42 Å². The van der Waals surface area contributed by atoms with Crippen LogP contribution in [0.1, 0.15) is 85.5 Å². The van der Waals surface area contributed by atoms with Crippen LogP contribution in [-0.2, 0) is 29.2 Å². The van der Waals surface area contributed by atoms with E-state index >= 15 is 0 Å². The van der Waals surface area contributed by atoms with Gasteiger partial charge in [0.15, 0.2) is 0 Å². The second-order valence-corrected chi connectivity index (χ2v) is 9.86. The molecule has 0 aromatic carbocycles. The Hall–Kier alpha value is -1.15. The highest BCUT2D eigenvalue weighted by atomic mass is 32.2. The van der Waals surface area contributed by atoms with Crippen LogP contribution < -0.4 is 0 Å². The Kier molecular flexibility index (Phi) is 10.6. The number of carbonyl (C=O) groups is 2. The molecule has 4 atom stereocenters. The maximum atomic E-state index is 12.5. The molecule has 0 radical (unpaired) electrons. The van der Waals surface area contributed by atoms with Gasteiger partial charge in [-0.15, -0.1) is 0 Å². The third kappa shape index (κ3) is 6.95. The first-order valence-corrected chi connectivity index (χ1v) is 12.4. The Bertz CT molecular complexity index is 631. The summed E-state index contributed by atoms with van der Waals surface area (Å²) in [6, 6.07) is 0. The Balaban J connectivity index is 2.71. The maximum Gasteiger partial charge on any atom is 0.330 e. The van der Waals surface area contributed by atoms with Crippen LogP contribution in [0.3, 0.4) is 0 Å². The highest BCUT2D eigenvalue weighted by molar-refractivity contribution is 7.88. The van der Waals surface area contributed by atoms with E-state index in [1.165, 1.54) is 0 Å². The average molecular weight is 435 g/mol. The van der Waals surface area contributed by atoms with E-state index in [0.29, 0.717) is 0 Å². The van der Waals surface area contributed by atoms with E-state index in [0.717, 1.165) is 51.4 Å². The summed E-state index contributed by atoms with van der Waals surface area (Å²) in [6.45, 7) is 8.42. The lowest BCUT2D eigenvalue weighted by molar-refractivity contribution is -0.152. The molecule has 0 heterocycles. The molecule has 1 fully saturated rings. The van der Waals surface area contributed by atoms with Crippen molar-refractivity contribution in [3.05, 3.63) is 0 Å². The van der Waals surface area contributed by atoms with E-state index in [1.807, 2.05) is 13.8 Å². The van der Waals surface area contributed by atoms with Crippen LogP contribution in [0.2, 0.25) is 0 Å². The van der Waals surface area contributed by atoms with Crippen molar-refractivity contribution in [2.75, 3.05) is 13.2 Å². The molecule has 0 saturated heterocycles. The molecule has 7 nitrogen and oxygen atoms in total. The zero-order valence-corrected chi connectivity index (χ0v) is 19.1. The molecule has 1 saturated carbocycles. The number of carbonyl (C=O) groups excluding carboxylic acids is 2. The topological polar surface area (TPSA) is 107 Å². The quantitative estimate of drug-likeness (QED) is 0.305. The van der Waals surface area contributed by atoms with E-state index in [9.17, 15) is 22.6 Å². The van der Waals surface area contributed by atoms with Gasteiger partial charge in [-0.1, -0.05) is 66.2 Å². The van der Waals surface area contributed by atoms with E-state index in [4.69, 9.17) is 9.47 Å². The van der Waals surface area contributed by atoms with Crippen LogP contribution in [0.15, 0.2) is 0 Å². The highest BCUT2D eigenvalue weighted by Gasteiger charge is 2.74. The Morgan fingerprint density at radius 3 is 1.86 bits per heavy atom. The lowest BCUT2D eigenvalue weighted by Crippen LogP contribution is -2.39. The smallest absolute Gasteiger partial charge is 0.330 e. The molecular formula is C21H38O7S. The first kappa shape index (κ1) is 25.9. The number of hydrogen-bond acceptors (Lipinski definition) is 6. The molecule has 0 amide bonds. The molecule has 29 heavy (non-hydrogen) atoms. The number of hydrogen-bond donors (Lipinski definition) is 1. The van der Waals surface area contributed by atoms with Crippen molar-refractivity contribution in [3.8, 4) is 0 Å². The third-order valence-corrected chi connectivity index (χ3v) is 7.54. The zero-order valence-electron chi connectivity index (χ0n) is 18.3. The lowest BCUT2D eigenvalue weighted by atomic mass is 10.0. The van der Waals surface area contributed by atoms with Gasteiger partial charge in [0.05, 0.1) is 19.1 Å². The van der Waals surface area contributed by atoms with E-state index < -0.39 is 32.7 Å². The van der Waals surface area contributed by atoms with Crippen LogP contribution in [0, 0.1) is 17.8 Å². The summed E-state index contributed by atoms with van der Waals surface area (Å²) in [6.07, 6.45) is 7.23. The van der Waals surface area contributed by atoms with Crippen LogP contribution >= 0.6 is 0 Å². The minimum atomic E-state index is -4.79. The third-order valence-electron chi connectivity index (χ3n) is 6.00. The molecule has 1 N–H and O–H groups in total. The van der Waals surface area contributed by atoms with Crippen molar-refractivity contribution in [1.29, 1.82) is 0 Å². The fourth-order valence-corrected chi connectivity index (χ4v) is 4.65. The summed E-state index contributed by atoms with van der Waals surface area (Å²) in [5.41, 5.74) is 0. The molecule has 1 rings (SSSR count). The van der Waals surface area contributed by atoms with Gasteiger partial charge in [-0.3, -0.25) is 14.1 Å². The number of rotatable bonds is 15. The zero-order chi connectivity index (χ0) is 22.1. The number of ether oxygens (including phenoxy) is 2. The minimum absolute atomic E-state index is 0.0866. The molecule has 0 aromatic heterocycles. The summed E-state index contributed by atoms with van der Waals surface area (Å²) >= 11 is 0. The van der Waals surface area contributed by atoms with Gasteiger partial charge in [0.2, 0.25) is 4.75 Å². The van der Waals surface area contributed by atoms with E-state index in [2.05, 4.69) is 13.8 Å². The molecule has 1 aliphatic rings. The number of esters is 2. The van der Waals surface area contributed by atoms with Gasteiger partial charge in [-0.25, -0.2) is 0 Å². The van der Waals surface area contributed by atoms with Gasteiger partial charge in [0.25, 0.3) is 10.1 Å². The molecule has 1 aliphatic carbocycles. The van der Waals surface area contributed by atoms with E-state index in [1.54, 1.807) is 0 Å². The predicted octanol–water partition coefficient (Wildman–Crippen LogP) is 4.15. The maximum absolute atomic E-state index is 12.5. The Morgan fingerprint density at radius 1 is 0.966 bits per heavy atom. The number of unbranched alkanes of at least 4 members (excludes halogenated alkanes) is 2. The molecule has 4 unspecified atom stereocenters. The predicted molar refractivity (Wildman–Crippen MR) is 111 cm³/mol. The Labute approximate surface area is 175 Å². The summed E-state index contributed by atoms with van der Waals surface area (Å²) in [5.74, 6) is -2.68. The lowest BCUT2D eigenvalue weighted by Gasteiger charge is -2.18. The summed E-state index contributed by atoms with van der Waals surface area (Å²) in [5, 5.41) is 0. The van der Waals surface area contributed by atoms with Crippen LogP contribution in [-0.4, -0.2) is 42.9 Å². The SMILES string of the molecule is CCCCC(CC)COC(=O)C1CC1(C(=O)OCC(CC)CCCC)S(=O)(=O)O. The Morgan fingerprint density at radius 2 is 1.45 bits per heavy atom. The fourth-order valence-electron chi connectivity index (χ4n) is 3.55. The van der Waals surface area contributed by atoms with Crippen molar-refractivity contribution < 1.29 is 32.0 Å². The van der Waals surface area contributed by atoms with Crippen molar-refractivity contribution >= 4 is 22.1 Å². The van der Waals surface area contributed by atoms with Crippen LogP contribution in [0.25, 0.3) is 0 Å². The molecule has 0 spiro atoms. The van der Waals surface area contributed by atoms with Crippen molar-refractivity contribution in [1.82, 2.24) is 0 Å². The van der Waals surface area contributed by atoms with Crippen molar-refractivity contribution in [2.45, 2.75) is 90.2 Å². The standard InChI is InChI=1S/C21H38O7S/c1-5-9-11-16(7-3)14-27-19(22)18-13-21(18,29(24,25)26)20(23)28-15-17(8-4)12-10-6-2/h16-18H,5-15H2,1-4H3,(H,24,25,26). The normalized spacial score (nSPS) is 23.3. The molecular weight excluding hydrogens is 396 g/mol. The highest BCUT2D eigenvalue weighted by Crippen LogP contribution is 2.51. The van der Waals surface area contributed by atoms with E-state index in [-0.39, 0.29) is 31.5 Å². The minimum Gasteiger partial charge on any atom is -0.465 e. The van der Waals surface area contributed by atoms with Gasteiger partial charge >= 0.3 is 11.9 Å². The molecule has 170 valence electrons. The second kappa shape index (κ2) is 11.9. The van der Waals surface area contributed by atoms with Crippen molar-refractivity contribution in [3.63, 3.8) is 0 Å². The van der Waals surface area contributed by atoms with Crippen LogP contribution in [0.4, 0.5) is 0 Å². The van der Waals surface area contributed by atoms with Crippen molar-refractivity contribution in [2.24, 2.45) is 17.8 Å². The monoisotopic (exact) mass is 434 g/mol. The molecule has 8 heteroatoms. The van der Waals surface area contributed by atoms with Gasteiger partial charge in [0, 0.05) is 0 Å². The van der Waals surface area contributed by atoms with Crippen LogP contribution in [0.5, 0.6) is 0 Å². The molecule has 0 bridgehead atoms. The summed E-state index contributed by atoms with van der Waals surface area (Å²) < 4.78 is 41.9. The average Bonchev–Trinajstić information content (AvgIpc) is 3.45. The fraction of sp³-hybridized carbons (Fsp3) is 0.905. The first-order valence-electron chi connectivity index (χ1n) is 11.0. The second-order valence-electron chi connectivity index (χ2n) is 8.18. The largest absolute Gasteiger partial charge is 0.465 e. The molecule has 0 aliphatic heterocycles. The first-order chi connectivity index (χ1) is 13.7. The van der Waals surface area contributed by atoms with Gasteiger partial charge in [-0.05, 0) is 31.1 Å². The van der Waals surface area contributed by atoms with Gasteiger partial charge in [0.1, 0.15) is 0 Å². The molecule has 0 aromatic rings. The summed E-state index contributed by atoms with van der Waals surface area (Å²) in [7, 11) is -4.79. The summed E-state index contributed by atoms with van der Waals surface area (Å²) in [4.78, 5) is 24.9. The van der Waals surface area contributed by atoms with Gasteiger partial charge < -0.3 is 9.47 Å².